The number of nitrogens with zero attached hydrogens (tertiary/aromatic N) is 4. The van der Waals surface area contributed by atoms with E-state index in [4.69, 9.17) is 0 Å². The maximum absolute atomic E-state index is 9.27. The zero-order chi connectivity index (χ0) is 16.4. The molecule has 0 amide bonds. The highest BCUT2D eigenvalue weighted by atomic mass is 32.2. The number of aromatic nitrogens is 3. The standard InChI is InChI=1S/C19H22N4S/c20-12-15-6-4-5-7-16(15)13-24-19-22-21-18(14-10-11-14)23(19)17-8-2-1-3-9-17/h4-7,14,17H,1-3,8-11,13H2. The van der Waals surface area contributed by atoms with Crippen molar-refractivity contribution in [1.29, 1.82) is 5.26 Å². The van der Waals surface area contributed by atoms with Crippen LogP contribution in [-0.2, 0) is 5.75 Å². The Hall–Kier alpha value is -1.80. The van der Waals surface area contributed by atoms with Crippen LogP contribution in [0.4, 0.5) is 0 Å². The molecule has 0 unspecified atom stereocenters. The lowest BCUT2D eigenvalue weighted by Crippen LogP contribution is -2.16. The second-order valence-corrected chi connectivity index (χ2v) is 7.78. The number of nitriles is 1. The first-order valence-electron chi connectivity index (χ1n) is 8.92. The van der Waals surface area contributed by atoms with Gasteiger partial charge in [-0.15, -0.1) is 10.2 Å². The van der Waals surface area contributed by atoms with E-state index in [-0.39, 0.29) is 0 Å². The molecule has 1 heterocycles. The number of rotatable bonds is 5. The van der Waals surface area contributed by atoms with E-state index in [0.29, 0.717) is 12.0 Å². The van der Waals surface area contributed by atoms with Crippen molar-refractivity contribution in [3.63, 3.8) is 0 Å². The van der Waals surface area contributed by atoms with Crippen molar-refractivity contribution in [3.05, 3.63) is 41.2 Å². The van der Waals surface area contributed by atoms with Gasteiger partial charge < -0.3 is 4.57 Å². The van der Waals surface area contributed by atoms with Crippen molar-refractivity contribution in [2.75, 3.05) is 0 Å². The Morgan fingerprint density at radius 3 is 2.62 bits per heavy atom. The highest BCUT2D eigenvalue weighted by Crippen LogP contribution is 2.43. The van der Waals surface area contributed by atoms with Crippen molar-refractivity contribution in [1.82, 2.24) is 14.8 Å². The molecule has 24 heavy (non-hydrogen) atoms. The van der Waals surface area contributed by atoms with Crippen LogP contribution in [-0.4, -0.2) is 14.8 Å². The van der Waals surface area contributed by atoms with Crippen LogP contribution in [0.25, 0.3) is 0 Å². The Balaban J connectivity index is 1.57. The summed E-state index contributed by atoms with van der Waals surface area (Å²) in [5.74, 6) is 2.61. The Morgan fingerprint density at radius 2 is 1.88 bits per heavy atom. The normalized spacial score (nSPS) is 18.5. The highest BCUT2D eigenvalue weighted by Gasteiger charge is 2.33. The van der Waals surface area contributed by atoms with Gasteiger partial charge in [0.15, 0.2) is 5.16 Å². The Labute approximate surface area is 147 Å². The molecule has 5 heteroatoms. The second kappa shape index (κ2) is 6.98. The summed E-state index contributed by atoms with van der Waals surface area (Å²) in [6.07, 6.45) is 9.00. The molecule has 2 aliphatic rings. The molecule has 4 rings (SSSR count). The fraction of sp³-hybridized carbons (Fsp3) is 0.526. The van der Waals surface area contributed by atoms with E-state index < -0.39 is 0 Å². The lowest BCUT2D eigenvalue weighted by molar-refractivity contribution is 0.329. The van der Waals surface area contributed by atoms with E-state index in [1.54, 1.807) is 11.8 Å². The molecule has 2 aliphatic carbocycles. The topological polar surface area (TPSA) is 54.5 Å². The molecule has 0 bridgehead atoms. The lowest BCUT2D eigenvalue weighted by Gasteiger charge is -2.25. The monoisotopic (exact) mass is 338 g/mol. The minimum absolute atomic E-state index is 0.568. The number of thioether (sulfide) groups is 1. The smallest absolute Gasteiger partial charge is 0.191 e. The summed E-state index contributed by atoms with van der Waals surface area (Å²) in [6, 6.07) is 10.7. The van der Waals surface area contributed by atoms with Gasteiger partial charge in [-0.3, -0.25) is 0 Å². The largest absolute Gasteiger partial charge is 0.303 e. The van der Waals surface area contributed by atoms with Crippen molar-refractivity contribution in [2.45, 2.75) is 67.8 Å². The Morgan fingerprint density at radius 1 is 1.08 bits per heavy atom. The fourth-order valence-electron chi connectivity index (χ4n) is 3.59. The van der Waals surface area contributed by atoms with Crippen LogP contribution in [0.5, 0.6) is 0 Å². The molecule has 124 valence electrons. The third kappa shape index (κ3) is 3.21. The first-order chi connectivity index (χ1) is 11.9. The first-order valence-corrected chi connectivity index (χ1v) is 9.91. The quantitative estimate of drug-likeness (QED) is 0.733. The van der Waals surface area contributed by atoms with Crippen molar-refractivity contribution < 1.29 is 0 Å². The Bertz CT molecular complexity index is 751. The van der Waals surface area contributed by atoms with Crippen LogP contribution in [0, 0.1) is 11.3 Å². The van der Waals surface area contributed by atoms with Gasteiger partial charge in [0.25, 0.3) is 0 Å². The Kier molecular flexibility index (Phi) is 4.57. The molecule has 2 saturated carbocycles. The minimum Gasteiger partial charge on any atom is -0.303 e. The van der Waals surface area contributed by atoms with Crippen LogP contribution in [0.3, 0.4) is 0 Å². The highest BCUT2D eigenvalue weighted by molar-refractivity contribution is 7.98. The zero-order valence-electron chi connectivity index (χ0n) is 13.8. The summed E-state index contributed by atoms with van der Waals surface area (Å²) >= 11 is 1.73. The van der Waals surface area contributed by atoms with Crippen molar-refractivity contribution in [3.8, 4) is 6.07 Å². The summed E-state index contributed by atoms with van der Waals surface area (Å²) in [5, 5.41) is 19.4. The molecule has 2 aromatic rings. The average molecular weight is 338 g/mol. The lowest BCUT2D eigenvalue weighted by atomic mass is 9.95. The van der Waals surface area contributed by atoms with Crippen LogP contribution >= 0.6 is 11.8 Å². The third-order valence-electron chi connectivity index (χ3n) is 5.07. The molecule has 0 N–H and O–H groups in total. The van der Waals surface area contributed by atoms with Gasteiger partial charge in [-0.1, -0.05) is 49.2 Å². The van der Waals surface area contributed by atoms with Crippen LogP contribution in [0.2, 0.25) is 0 Å². The van der Waals surface area contributed by atoms with E-state index in [2.05, 4.69) is 20.8 Å². The third-order valence-corrected chi connectivity index (χ3v) is 6.06. The molecule has 0 saturated heterocycles. The summed E-state index contributed by atoms with van der Waals surface area (Å²) in [5.41, 5.74) is 1.84. The fourth-order valence-corrected chi connectivity index (χ4v) is 4.60. The van der Waals surface area contributed by atoms with E-state index in [0.717, 1.165) is 22.0 Å². The maximum atomic E-state index is 9.27. The van der Waals surface area contributed by atoms with E-state index in [1.165, 1.54) is 50.8 Å². The van der Waals surface area contributed by atoms with Gasteiger partial charge >= 0.3 is 0 Å². The van der Waals surface area contributed by atoms with Gasteiger partial charge in [-0.2, -0.15) is 5.26 Å². The molecule has 0 radical (unpaired) electrons. The summed E-state index contributed by atoms with van der Waals surface area (Å²) in [6.45, 7) is 0. The molecule has 0 spiro atoms. The maximum Gasteiger partial charge on any atom is 0.191 e. The SMILES string of the molecule is N#Cc1ccccc1CSc1nnc(C2CC2)n1C1CCCCC1. The van der Waals surface area contributed by atoms with E-state index in [9.17, 15) is 5.26 Å². The van der Waals surface area contributed by atoms with Gasteiger partial charge in [0.1, 0.15) is 5.82 Å². The number of hydrogen-bond donors (Lipinski definition) is 0. The molecule has 4 nitrogen and oxygen atoms in total. The van der Waals surface area contributed by atoms with Crippen molar-refractivity contribution >= 4 is 11.8 Å². The predicted octanol–water partition coefficient (Wildman–Crippen LogP) is 4.82. The molecule has 1 aromatic carbocycles. The molecule has 1 aromatic heterocycles. The average Bonchev–Trinajstić information content (AvgIpc) is 3.40. The van der Waals surface area contributed by atoms with Gasteiger partial charge in [0.2, 0.25) is 0 Å². The van der Waals surface area contributed by atoms with Gasteiger partial charge in [0.05, 0.1) is 11.6 Å². The summed E-state index contributed by atoms with van der Waals surface area (Å²) in [7, 11) is 0. The molecular formula is C19H22N4S. The molecule has 2 fully saturated rings. The van der Waals surface area contributed by atoms with Crippen LogP contribution < -0.4 is 0 Å². The van der Waals surface area contributed by atoms with Gasteiger partial charge in [-0.05, 0) is 37.3 Å². The first kappa shape index (κ1) is 15.7. The minimum atomic E-state index is 0.568. The number of hydrogen-bond acceptors (Lipinski definition) is 4. The second-order valence-electron chi connectivity index (χ2n) is 6.83. The van der Waals surface area contributed by atoms with Crippen LogP contribution in [0.1, 0.15) is 73.9 Å². The predicted molar refractivity (Wildman–Crippen MR) is 94.8 cm³/mol. The number of benzene rings is 1. The molecular weight excluding hydrogens is 316 g/mol. The summed E-state index contributed by atoms with van der Waals surface area (Å²) < 4.78 is 2.44. The summed E-state index contributed by atoms with van der Waals surface area (Å²) in [4.78, 5) is 0. The van der Waals surface area contributed by atoms with Gasteiger partial charge in [0, 0.05) is 17.7 Å². The van der Waals surface area contributed by atoms with Crippen molar-refractivity contribution in [2.24, 2.45) is 0 Å². The molecule has 0 atom stereocenters. The van der Waals surface area contributed by atoms with E-state index in [1.807, 2.05) is 24.3 Å². The van der Waals surface area contributed by atoms with Crippen LogP contribution in [0.15, 0.2) is 29.4 Å². The zero-order valence-corrected chi connectivity index (χ0v) is 14.6. The molecule has 0 aliphatic heterocycles. The van der Waals surface area contributed by atoms with Gasteiger partial charge in [-0.25, -0.2) is 0 Å². The van der Waals surface area contributed by atoms with E-state index >= 15 is 0 Å².